The Balaban J connectivity index is 1.20. The minimum absolute atomic E-state index is 0.156. The van der Waals surface area contributed by atoms with E-state index in [2.05, 4.69) is 13.8 Å². The van der Waals surface area contributed by atoms with Crippen LogP contribution < -0.4 is 20.9 Å². The maximum absolute atomic E-state index is 13.3. The Labute approximate surface area is 302 Å². The number of aliphatic hydroxyl groups is 2. The van der Waals surface area contributed by atoms with Gasteiger partial charge in [-0.15, -0.1) is 0 Å². The van der Waals surface area contributed by atoms with Crippen molar-refractivity contribution in [3.8, 4) is 11.5 Å². The summed E-state index contributed by atoms with van der Waals surface area (Å²) < 4.78 is 12.0. The maximum Gasteiger partial charge on any atom is 0.184 e. The number of carbonyl (C=O) groups excluding carboxylic acids is 2. The van der Waals surface area contributed by atoms with Crippen LogP contribution in [0.5, 0.6) is 11.5 Å². The SMILES string of the molecule is CC1CCC(COc2ccc(/C=C/C(=O)C(O)C(c3ccc(N)cc3N)C(O)C(=O)/C=C/c3ccc(OCC4CCC(C)CC4)cc3)cc2)CC1. The molecule has 8 nitrogen and oxygen atoms in total. The summed E-state index contributed by atoms with van der Waals surface area (Å²) in [5, 5.41) is 22.6. The molecule has 3 aromatic rings. The van der Waals surface area contributed by atoms with Crippen molar-refractivity contribution < 1.29 is 29.3 Å². The molecular weight excluding hydrogens is 640 g/mol. The molecule has 8 heteroatoms. The number of aliphatic hydroxyl groups excluding tert-OH is 2. The lowest BCUT2D eigenvalue weighted by atomic mass is 9.83. The Hall–Kier alpha value is -4.40. The van der Waals surface area contributed by atoms with E-state index in [0.717, 1.165) is 34.5 Å². The summed E-state index contributed by atoms with van der Waals surface area (Å²) in [5.41, 5.74) is 14.4. The molecule has 6 N–H and O–H groups in total. The molecular formula is C43H54N2O6. The Kier molecular flexibility index (Phi) is 13.5. The highest BCUT2D eigenvalue weighted by Crippen LogP contribution is 2.33. The van der Waals surface area contributed by atoms with E-state index in [1.165, 1.54) is 75.7 Å². The van der Waals surface area contributed by atoms with Gasteiger partial charge in [-0.1, -0.05) is 82.0 Å². The van der Waals surface area contributed by atoms with Crippen molar-refractivity contribution in [3.05, 3.63) is 95.6 Å². The minimum atomic E-state index is -1.76. The molecule has 272 valence electrons. The third kappa shape index (κ3) is 11.0. The lowest BCUT2D eigenvalue weighted by Crippen LogP contribution is -2.39. The van der Waals surface area contributed by atoms with E-state index >= 15 is 0 Å². The van der Waals surface area contributed by atoms with Gasteiger partial charge in [0, 0.05) is 11.4 Å². The van der Waals surface area contributed by atoms with Gasteiger partial charge in [0.15, 0.2) is 11.6 Å². The van der Waals surface area contributed by atoms with Gasteiger partial charge < -0.3 is 31.2 Å². The monoisotopic (exact) mass is 694 g/mol. The number of hydrogen-bond acceptors (Lipinski definition) is 8. The highest BCUT2D eigenvalue weighted by atomic mass is 16.5. The Bertz CT molecular complexity index is 1540. The zero-order valence-electron chi connectivity index (χ0n) is 30.0. The van der Waals surface area contributed by atoms with E-state index in [4.69, 9.17) is 20.9 Å². The average molecular weight is 695 g/mol. The number of anilines is 2. The zero-order chi connectivity index (χ0) is 36.3. The summed E-state index contributed by atoms with van der Waals surface area (Å²) in [4.78, 5) is 26.6. The molecule has 0 spiro atoms. The molecule has 2 unspecified atom stereocenters. The van der Waals surface area contributed by atoms with Crippen molar-refractivity contribution in [3.63, 3.8) is 0 Å². The molecule has 5 rings (SSSR count). The first-order valence-corrected chi connectivity index (χ1v) is 18.5. The van der Waals surface area contributed by atoms with Gasteiger partial charge in [0.05, 0.1) is 19.1 Å². The fourth-order valence-electron chi connectivity index (χ4n) is 7.09. The van der Waals surface area contributed by atoms with Crippen molar-refractivity contribution in [2.24, 2.45) is 23.7 Å². The van der Waals surface area contributed by atoms with Crippen molar-refractivity contribution in [2.75, 3.05) is 24.7 Å². The maximum atomic E-state index is 13.3. The van der Waals surface area contributed by atoms with Gasteiger partial charge in [-0.3, -0.25) is 9.59 Å². The van der Waals surface area contributed by atoms with Gasteiger partial charge in [-0.25, -0.2) is 0 Å². The predicted octanol–water partition coefficient (Wildman–Crippen LogP) is 7.63. The third-order valence-electron chi connectivity index (χ3n) is 10.6. The number of nitrogen functional groups attached to an aromatic ring is 2. The molecule has 0 saturated heterocycles. The highest BCUT2D eigenvalue weighted by molar-refractivity contribution is 6.01. The Morgan fingerprint density at radius 2 is 1.08 bits per heavy atom. The van der Waals surface area contributed by atoms with Crippen LogP contribution in [0.3, 0.4) is 0 Å². The Morgan fingerprint density at radius 1 is 0.667 bits per heavy atom. The zero-order valence-corrected chi connectivity index (χ0v) is 30.0. The quantitative estimate of drug-likeness (QED) is 0.0939. The van der Waals surface area contributed by atoms with E-state index in [1.807, 2.05) is 48.5 Å². The lowest BCUT2D eigenvalue weighted by molar-refractivity contribution is -0.130. The average Bonchev–Trinajstić information content (AvgIpc) is 3.14. The summed E-state index contributed by atoms with van der Waals surface area (Å²) in [7, 11) is 0. The van der Waals surface area contributed by atoms with E-state index < -0.39 is 29.7 Å². The van der Waals surface area contributed by atoms with Crippen LogP contribution in [0.2, 0.25) is 0 Å². The lowest BCUT2D eigenvalue weighted by Gasteiger charge is -2.26. The molecule has 2 saturated carbocycles. The summed E-state index contributed by atoms with van der Waals surface area (Å²) in [6, 6.07) is 19.3. The summed E-state index contributed by atoms with van der Waals surface area (Å²) in [5.74, 6) is 1.56. The van der Waals surface area contributed by atoms with Crippen LogP contribution in [-0.4, -0.2) is 47.2 Å². The minimum Gasteiger partial charge on any atom is -0.493 e. The summed E-state index contributed by atoms with van der Waals surface area (Å²) in [6.07, 6.45) is 11.9. The first-order chi connectivity index (χ1) is 24.5. The predicted molar refractivity (Wildman–Crippen MR) is 204 cm³/mol. The molecule has 0 amide bonds. The molecule has 0 heterocycles. The van der Waals surface area contributed by atoms with Crippen LogP contribution >= 0.6 is 0 Å². The number of ether oxygens (including phenoxy) is 2. The number of hydrogen-bond donors (Lipinski definition) is 4. The number of carbonyl (C=O) groups is 2. The molecule has 2 fully saturated rings. The van der Waals surface area contributed by atoms with Crippen molar-refractivity contribution in [1.29, 1.82) is 0 Å². The molecule has 0 aliphatic heterocycles. The molecule has 0 radical (unpaired) electrons. The Morgan fingerprint density at radius 3 is 1.47 bits per heavy atom. The van der Waals surface area contributed by atoms with E-state index in [1.54, 1.807) is 18.2 Å². The first-order valence-electron chi connectivity index (χ1n) is 18.5. The van der Waals surface area contributed by atoms with Crippen LogP contribution in [-0.2, 0) is 9.59 Å². The standard InChI is InChI=1S/C43H54N2O6/c1-28-3-7-32(8-4-28)26-50-35-18-11-30(12-19-35)15-23-39(46)42(48)41(37-22-17-34(44)25-38(37)45)43(49)40(47)24-16-31-13-20-36(21-14-31)51-27-33-9-5-29(2)6-10-33/h11-25,28-29,32-33,41-43,48-49H,3-10,26-27,44-45H2,1-2H3/b23-15+,24-16+. The number of nitrogens with two attached hydrogens (primary N) is 2. The van der Waals surface area contributed by atoms with Gasteiger partial charge in [0.25, 0.3) is 0 Å². The van der Waals surface area contributed by atoms with Crippen LogP contribution in [0.25, 0.3) is 12.2 Å². The fourth-order valence-corrected chi connectivity index (χ4v) is 7.09. The van der Waals surface area contributed by atoms with E-state index in [0.29, 0.717) is 30.7 Å². The smallest absolute Gasteiger partial charge is 0.184 e. The van der Waals surface area contributed by atoms with Crippen molar-refractivity contribution in [2.45, 2.75) is 83.3 Å². The second-order valence-electron chi connectivity index (χ2n) is 14.8. The molecule has 0 aromatic heterocycles. The largest absolute Gasteiger partial charge is 0.493 e. The number of benzene rings is 3. The van der Waals surface area contributed by atoms with Gasteiger partial charge in [0.2, 0.25) is 0 Å². The second kappa shape index (κ2) is 18.2. The van der Waals surface area contributed by atoms with E-state index in [9.17, 15) is 19.8 Å². The van der Waals surface area contributed by atoms with Crippen LogP contribution in [0.15, 0.2) is 78.9 Å². The van der Waals surface area contributed by atoms with Crippen LogP contribution in [0.1, 0.15) is 87.8 Å². The van der Waals surface area contributed by atoms with Crippen molar-refractivity contribution in [1.82, 2.24) is 0 Å². The van der Waals surface area contributed by atoms with Crippen LogP contribution in [0, 0.1) is 23.7 Å². The topological polar surface area (TPSA) is 145 Å². The van der Waals surface area contributed by atoms with Crippen molar-refractivity contribution >= 4 is 35.1 Å². The fraction of sp³-hybridized carbons (Fsp3) is 0.442. The third-order valence-corrected chi connectivity index (χ3v) is 10.6. The molecule has 3 aromatic carbocycles. The van der Waals surface area contributed by atoms with Gasteiger partial charge >= 0.3 is 0 Å². The normalized spacial score (nSPS) is 22.7. The van der Waals surface area contributed by atoms with Gasteiger partial charge in [-0.2, -0.15) is 0 Å². The molecule has 2 atom stereocenters. The number of ketones is 2. The van der Waals surface area contributed by atoms with E-state index in [-0.39, 0.29) is 11.3 Å². The molecule has 51 heavy (non-hydrogen) atoms. The van der Waals surface area contributed by atoms with Gasteiger partial charge in [0.1, 0.15) is 23.7 Å². The van der Waals surface area contributed by atoms with Crippen LogP contribution in [0.4, 0.5) is 11.4 Å². The molecule has 0 bridgehead atoms. The first kappa shape index (κ1) is 37.8. The summed E-state index contributed by atoms with van der Waals surface area (Å²) in [6.45, 7) is 5.99. The summed E-state index contributed by atoms with van der Waals surface area (Å²) >= 11 is 0. The number of rotatable bonds is 15. The van der Waals surface area contributed by atoms with Gasteiger partial charge in [-0.05, 0) is 115 Å². The molecule has 2 aliphatic rings. The second-order valence-corrected chi connectivity index (χ2v) is 14.8. The highest BCUT2D eigenvalue weighted by Gasteiger charge is 2.36. The molecule has 2 aliphatic carbocycles.